The molecule has 0 aromatic heterocycles. The van der Waals surface area contributed by atoms with E-state index in [9.17, 15) is 19.2 Å². The van der Waals surface area contributed by atoms with Crippen LogP contribution in [0.25, 0.3) is 0 Å². The Morgan fingerprint density at radius 1 is 1.26 bits per heavy atom. The zero-order valence-corrected chi connectivity index (χ0v) is 15.2. The fraction of sp³-hybridized carbons (Fsp3) is 0.474. The first-order valence-corrected chi connectivity index (χ1v) is 9.07. The number of imide groups is 1. The number of amides is 4. The molecule has 2 fully saturated rings. The number of urea groups is 1. The molecule has 27 heavy (non-hydrogen) atoms. The van der Waals surface area contributed by atoms with Crippen molar-refractivity contribution in [3.05, 3.63) is 30.3 Å². The van der Waals surface area contributed by atoms with Crippen LogP contribution >= 0.6 is 0 Å². The minimum absolute atomic E-state index is 0.0142. The SMILES string of the molecule is C[C@H]1CCCC[C@@]12NC(=O)N(CC(=O)OCC(=O)Nc1ccccc1)C2=O. The number of carbonyl (C=O) groups excluding carboxylic acids is 4. The molecule has 3 rings (SSSR count). The molecule has 1 aliphatic carbocycles. The number of carbonyl (C=O) groups is 4. The number of nitrogens with zero attached hydrogens (tertiary/aromatic N) is 1. The number of rotatable bonds is 5. The highest BCUT2D eigenvalue weighted by atomic mass is 16.5. The lowest BCUT2D eigenvalue weighted by Crippen LogP contribution is -2.54. The van der Waals surface area contributed by atoms with Crippen LogP contribution in [0.15, 0.2) is 30.3 Å². The van der Waals surface area contributed by atoms with Gasteiger partial charge in [-0.2, -0.15) is 0 Å². The first kappa shape index (κ1) is 18.9. The van der Waals surface area contributed by atoms with E-state index in [2.05, 4.69) is 10.6 Å². The van der Waals surface area contributed by atoms with E-state index in [1.807, 2.05) is 13.0 Å². The second-order valence-corrected chi connectivity index (χ2v) is 7.01. The van der Waals surface area contributed by atoms with Gasteiger partial charge in [0.05, 0.1) is 0 Å². The molecular weight excluding hydrogens is 350 g/mol. The molecule has 144 valence electrons. The van der Waals surface area contributed by atoms with Gasteiger partial charge < -0.3 is 15.4 Å². The van der Waals surface area contributed by atoms with Gasteiger partial charge in [-0.25, -0.2) is 4.79 Å². The van der Waals surface area contributed by atoms with Crippen LogP contribution in [0.1, 0.15) is 32.6 Å². The molecule has 1 aromatic carbocycles. The van der Waals surface area contributed by atoms with Gasteiger partial charge in [0.2, 0.25) is 0 Å². The van der Waals surface area contributed by atoms with Crippen molar-refractivity contribution < 1.29 is 23.9 Å². The summed E-state index contributed by atoms with van der Waals surface area (Å²) in [7, 11) is 0. The molecular formula is C19H23N3O5. The Kier molecular flexibility index (Phi) is 5.43. The Bertz CT molecular complexity index is 751. The first-order valence-electron chi connectivity index (χ1n) is 9.07. The molecule has 0 radical (unpaired) electrons. The van der Waals surface area contributed by atoms with Crippen molar-refractivity contribution in [2.75, 3.05) is 18.5 Å². The molecule has 1 aromatic rings. The summed E-state index contributed by atoms with van der Waals surface area (Å²) in [6.45, 7) is 0.948. The maximum absolute atomic E-state index is 12.8. The van der Waals surface area contributed by atoms with E-state index in [1.165, 1.54) is 0 Å². The number of benzene rings is 1. The number of ether oxygens (including phenoxy) is 1. The summed E-state index contributed by atoms with van der Waals surface area (Å²) in [5.41, 5.74) is -0.332. The second kappa shape index (κ2) is 7.77. The smallest absolute Gasteiger partial charge is 0.326 e. The zero-order chi connectivity index (χ0) is 19.4. The van der Waals surface area contributed by atoms with E-state index >= 15 is 0 Å². The predicted molar refractivity (Wildman–Crippen MR) is 96.6 cm³/mol. The second-order valence-electron chi connectivity index (χ2n) is 7.01. The number of para-hydroxylation sites is 1. The van der Waals surface area contributed by atoms with Crippen LogP contribution in [0.4, 0.5) is 10.5 Å². The molecule has 1 saturated carbocycles. The normalized spacial score (nSPS) is 24.6. The maximum Gasteiger partial charge on any atom is 0.326 e. The monoisotopic (exact) mass is 373 g/mol. The average molecular weight is 373 g/mol. The highest BCUT2D eigenvalue weighted by Crippen LogP contribution is 2.38. The maximum atomic E-state index is 12.8. The van der Waals surface area contributed by atoms with Gasteiger partial charge in [0.15, 0.2) is 6.61 Å². The van der Waals surface area contributed by atoms with Crippen LogP contribution in [0.3, 0.4) is 0 Å². The van der Waals surface area contributed by atoms with Crippen molar-refractivity contribution in [2.24, 2.45) is 5.92 Å². The van der Waals surface area contributed by atoms with Gasteiger partial charge in [0, 0.05) is 5.69 Å². The number of hydrogen-bond acceptors (Lipinski definition) is 5. The van der Waals surface area contributed by atoms with E-state index < -0.39 is 36.6 Å². The summed E-state index contributed by atoms with van der Waals surface area (Å²) in [5.74, 6) is -1.67. The molecule has 1 aliphatic heterocycles. The van der Waals surface area contributed by atoms with Crippen molar-refractivity contribution in [1.82, 2.24) is 10.2 Å². The minimum Gasteiger partial charge on any atom is -0.454 e. The van der Waals surface area contributed by atoms with Crippen LogP contribution < -0.4 is 10.6 Å². The zero-order valence-electron chi connectivity index (χ0n) is 15.2. The van der Waals surface area contributed by atoms with Crippen LogP contribution in [-0.4, -0.2) is 47.4 Å². The van der Waals surface area contributed by atoms with Crippen molar-refractivity contribution in [1.29, 1.82) is 0 Å². The third kappa shape index (κ3) is 3.94. The molecule has 2 N–H and O–H groups in total. The van der Waals surface area contributed by atoms with E-state index in [0.717, 1.165) is 24.2 Å². The van der Waals surface area contributed by atoms with Gasteiger partial charge >= 0.3 is 12.0 Å². The van der Waals surface area contributed by atoms with Gasteiger partial charge in [-0.05, 0) is 30.9 Å². The Morgan fingerprint density at radius 3 is 2.70 bits per heavy atom. The van der Waals surface area contributed by atoms with Crippen LogP contribution in [0.2, 0.25) is 0 Å². The first-order chi connectivity index (χ1) is 12.9. The van der Waals surface area contributed by atoms with Gasteiger partial charge in [-0.1, -0.05) is 38.0 Å². The summed E-state index contributed by atoms with van der Waals surface area (Å²) in [6, 6.07) is 8.17. The molecule has 0 bridgehead atoms. The summed E-state index contributed by atoms with van der Waals surface area (Å²) in [5, 5.41) is 5.36. The molecule has 8 nitrogen and oxygen atoms in total. The molecule has 4 amide bonds. The van der Waals surface area contributed by atoms with Crippen molar-refractivity contribution in [2.45, 2.75) is 38.1 Å². The van der Waals surface area contributed by atoms with E-state index in [1.54, 1.807) is 24.3 Å². The molecule has 8 heteroatoms. The number of hydrogen-bond donors (Lipinski definition) is 2. The highest BCUT2D eigenvalue weighted by molar-refractivity contribution is 6.09. The number of nitrogens with one attached hydrogen (secondary N) is 2. The molecule has 1 heterocycles. The topological polar surface area (TPSA) is 105 Å². The fourth-order valence-electron chi connectivity index (χ4n) is 3.68. The van der Waals surface area contributed by atoms with Gasteiger partial charge in [-0.3, -0.25) is 19.3 Å². The molecule has 0 unspecified atom stereocenters. The van der Waals surface area contributed by atoms with E-state index in [-0.39, 0.29) is 11.8 Å². The Balaban J connectivity index is 1.52. The molecule has 1 spiro atoms. The van der Waals surface area contributed by atoms with Crippen molar-refractivity contribution in [3.8, 4) is 0 Å². The van der Waals surface area contributed by atoms with Crippen molar-refractivity contribution in [3.63, 3.8) is 0 Å². The number of anilines is 1. The van der Waals surface area contributed by atoms with Gasteiger partial charge in [0.1, 0.15) is 12.1 Å². The molecule has 1 saturated heterocycles. The minimum atomic E-state index is -0.916. The lowest BCUT2D eigenvalue weighted by atomic mass is 9.73. The predicted octanol–water partition coefficient (Wildman–Crippen LogP) is 1.67. The lowest BCUT2D eigenvalue weighted by molar-refractivity contribution is -0.150. The molecule has 2 aliphatic rings. The van der Waals surface area contributed by atoms with Gasteiger partial charge in [-0.15, -0.1) is 0 Å². The quantitative estimate of drug-likeness (QED) is 0.603. The number of esters is 1. The van der Waals surface area contributed by atoms with Crippen LogP contribution in [0, 0.1) is 5.92 Å². The van der Waals surface area contributed by atoms with Crippen molar-refractivity contribution >= 4 is 29.5 Å². The third-order valence-corrected chi connectivity index (χ3v) is 5.21. The van der Waals surface area contributed by atoms with Crippen LogP contribution in [-0.2, 0) is 19.1 Å². The summed E-state index contributed by atoms with van der Waals surface area (Å²) >= 11 is 0. The summed E-state index contributed by atoms with van der Waals surface area (Å²) < 4.78 is 4.91. The standard InChI is InChI=1S/C19H23N3O5/c1-13-7-5-6-10-19(13)17(25)22(18(26)21-19)11-16(24)27-12-15(23)20-14-8-3-2-4-9-14/h2-4,8-9,13H,5-7,10-12H2,1H3,(H,20,23)(H,21,26)/t13-,19+/m0/s1. The van der Waals surface area contributed by atoms with Crippen LogP contribution in [0.5, 0.6) is 0 Å². The Morgan fingerprint density at radius 2 is 2.00 bits per heavy atom. The highest BCUT2D eigenvalue weighted by Gasteiger charge is 2.55. The van der Waals surface area contributed by atoms with E-state index in [0.29, 0.717) is 12.1 Å². The Labute approximate surface area is 157 Å². The largest absolute Gasteiger partial charge is 0.454 e. The summed E-state index contributed by atoms with van der Waals surface area (Å²) in [6.07, 6.45) is 3.30. The average Bonchev–Trinajstić information content (AvgIpc) is 2.88. The van der Waals surface area contributed by atoms with Gasteiger partial charge in [0.25, 0.3) is 11.8 Å². The fourth-order valence-corrected chi connectivity index (χ4v) is 3.68. The Hall–Kier alpha value is -2.90. The lowest BCUT2D eigenvalue weighted by Gasteiger charge is -2.36. The molecule has 2 atom stereocenters. The third-order valence-electron chi connectivity index (χ3n) is 5.21. The summed E-state index contributed by atoms with van der Waals surface area (Å²) in [4.78, 5) is 49.7. The van der Waals surface area contributed by atoms with E-state index in [4.69, 9.17) is 4.74 Å².